The maximum Gasteiger partial charge on any atom is 0.225 e. The van der Waals surface area contributed by atoms with Crippen molar-refractivity contribution in [3.05, 3.63) is 63.7 Å². The zero-order valence-electron chi connectivity index (χ0n) is 16.1. The molecule has 0 radical (unpaired) electrons. The summed E-state index contributed by atoms with van der Waals surface area (Å²) in [5, 5.41) is 41.7. The van der Waals surface area contributed by atoms with Gasteiger partial charge in [-0.25, -0.2) is 0 Å². The summed E-state index contributed by atoms with van der Waals surface area (Å²) in [6.07, 6.45) is -3.14. The molecule has 0 aliphatic carbocycles. The minimum atomic E-state index is -1.70. The normalized spacial score (nSPS) is 34.6. The Morgan fingerprint density at radius 3 is 2.70 bits per heavy atom. The smallest absolute Gasteiger partial charge is 0.225 e. The quantitative estimate of drug-likeness (QED) is 0.566. The highest BCUT2D eigenvalue weighted by atomic mass is 35.5. The highest BCUT2D eigenvalue weighted by molar-refractivity contribution is 6.31. The van der Waals surface area contributed by atoms with Crippen LogP contribution in [-0.2, 0) is 28.1 Å². The Kier molecular flexibility index (Phi) is 4.83. The lowest BCUT2D eigenvalue weighted by atomic mass is 9.83. The molecule has 3 heterocycles. The Bertz CT molecular complexity index is 982. The lowest BCUT2D eigenvalue weighted by molar-refractivity contribution is -0.329. The van der Waals surface area contributed by atoms with E-state index in [0.717, 1.165) is 28.9 Å². The number of halogens is 1. The van der Waals surface area contributed by atoms with Crippen LogP contribution in [0, 0.1) is 0 Å². The fourth-order valence-corrected chi connectivity index (χ4v) is 4.76. The molecular formula is C22H23ClO7. The van der Waals surface area contributed by atoms with Crippen molar-refractivity contribution in [2.45, 2.75) is 42.5 Å². The van der Waals surface area contributed by atoms with Crippen LogP contribution >= 0.6 is 11.6 Å². The fourth-order valence-electron chi connectivity index (χ4n) is 4.57. The number of hydrogen-bond acceptors (Lipinski definition) is 7. The van der Waals surface area contributed by atoms with Gasteiger partial charge in [-0.15, -0.1) is 0 Å². The SMILES string of the molecule is OCC12COC(c3ccc(Cl)c(Cc4ccc5c(c4)CCO5)c3)(O1)[C@H](O)[C@@H](O)[C@@H]2O. The largest absolute Gasteiger partial charge is 0.493 e. The fraction of sp³-hybridized carbons (Fsp3) is 0.455. The summed E-state index contributed by atoms with van der Waals surface area (Å²) >= 11 is 6.45. The third-order valence-electron chi connectivity index (χ3n) is 6.33. The lowest BCUT2D eigenvalue weighted by Gasteiger charge is -2.46. The van der Waals surface area contributed by atoms with Gasteiger partial charge >= 0.3 is 0 Å². The third kappa shape index (κ3) is 2.89. The summed E-state index contributed by atoms with van der Waals surface area (Å²) in [7, 11) is 0. The van der Waals surface area contributed by atoms with Gasteiger partial charge in [0.05, 0.1) is 19.8 Å². The molecule has 3 aliphatic heterocycles. The van der Waals surface area contributed by atoms with Gasteiger partial charge in [0.15, 0.2) is 0 Å². The van der Waals surface area contributed by atoms with Crippen LogP contribution in [0.15, 0.2) is 36.4 Å². The second kappa shape index (κ2) is 7.17. The van der Waals surface area contributed by atoms with Gasteiger partial charge in [0.1, 0.15) is 29.7 Å². The standard InChI is InChI=1S/C22H23ClO7/c23-16-3-2-15(9-14(16)8-12-1-4-17-13(7-12)5-6-28-17)22-20(27)18(25)19(26)21(10-24,30-22)11-29-22/h1-4,7,9,18-20,24-27H,5-6,8,10-11H2/t18-,19-,20+,21?,22?/m0/s1. The van der Waals surface area contributed by atoms with Crippen LogP contribution in [0.25, 0.3) is 0 Å². The average molecular weight is 435 g/mol. The van der Waals surface area contributed by atoms with Crippen LogP contribution in [0.3, 0.4) is 0 Å². The minimum Gasteiger partial charge on any atom is -0.493 e. The van der Waals surface area contributed by atoms with Crippen molar-refractivity contribution in [3.8, 4) is 5.75 Å². The Labute approximate surface area is 178 Å². The molecular weight excluding hydrogens is 412 g/mol. The first-order valence-electron chi connectivity index (χ1n) is 9.91. The van der Waals surface area contributed by atoms with Gasteiger partial charge in [0.2, 0.25) is 5.79 Å². The topological polar surface area (TPSA) is 109 Å². The molecule has 0 amide bonds. The van der Waals surface area contributed by atoms with Crippen molar-refractivity contribution in [3.63, 3.8) is 0 Å². The highest BCUT2D eigenvalue weighted by Crippen LogP contribution is 2.49. The van der Waals surface area contributed by atoms with E-state index >= 15 is 0 Å². The van der Waals surface area contributed by atoms with E-state index in [1.807, 2.05) is 12.1 Å². The molecule has 30 heavy (non-hydrogen) atoms. The second-order valence-electron chi connectivity index (χ2n) is 8.18. The number of benzene rings is 2. The predicted molar refractivity (Wildman–Crippen MR) is 106 cm³/mol. The molecule has 0 saturated carbocycles. The highest BCUT2D eigenvalue weighted by Gasteiger charge is 2.67. The number of ether oxygens (including phenoxy) is 3. The summed E-state index contributed by atoms with van der Waals surface area (Å²) < 4.78 is 17.3. The zero-order valence-corrected chi connectivity index (χ0v) is 16.9. The maximum absolute atomic E-state index is 10.7. The first-order chi connectivity index (χ1) is 14.4. The van der Waals surface area contributed by atoms with Crippen molar-refractivity contribution < 1.29 is 34.6 Å². The van der Waals surface area contributed by atoms with E-state index in [9.17, 15) is 20.4 Å². The van der Waals surface area contributed by atoms with Crippen molar-refractivity contribution in [1.82, 2.24) is 0 Å². The van der Waals surface area contributed by atoms with Gasteiger partial charge in [-0.2, -0.15) is 0 Å². The molecule has 0 aromatic heterocycles. The molecule has 5 atom stereocenters. The van der Waals surface area contributed by atoms with E-state index < -0.39 is 36.3 Å². The molecule has 8 heteroatoms. The molecule has 160 valence electrons. The van der Waals surface area contributed by atoms with Gasteiger partial charge in [0, 0.05) is 17.0 Å². The Morgan fingerprint density at radius 1 is 1.07 bits per heavy atom. The van der Waals surface area contributed by atoms with E-state index in [2.05, 4.69) is 6.07 Å². The number of rotatable bonds is 4. The molecule has 2 unspecified atom stereocenters. The Morgan fingerprint density at radius 2 is 1.90 bits per heavy atom. The molecule has 2 bridgehead atoms. The average Bonchev–Trinajstić information content (AvgIpc) is 3.37. The van der Waals surface area contributed by atoms with Crippen molar-refractivity contribution in [2.75, 3.05) is 19.8 Å². The molecule has 2 aromatic rings. The number of aliphatic hydroxyl groups is 4. The summed E-state index contributed by atoms with van der Waals surface area (Å²) in [4.78, 5) is 0. The van der Waals surface area contributed by atoms with Gasteiger partial charge in [-0.05, 0) is 41.3 Å². The van der Waals surface area contributed by atoms with Crippen molar-refractivity contribution >= 4 is 11.6 Å². The van der Waals surface area contributed by atoms with Crippen molar-refractivity contribution in [1.29, 1.82) is 0 Å². The van der Waals surface area contributed by atoms with Crippen molar-refractivity contribution in [2.24, 2.45) is 0 Å². The summed E-state index contributed by atoms with van der Waals surface area (Å²) in [6, 6.07) is 11.2. The summed E-state index contributed by atoms with van der Waals surface area (Å²) in [6.45, 7) is -0.0379. The Hall–Kier alpha value is -1.71. The maximum atomic E-state index is 10.7. The lowest BCUT2D eigenvalue weighted by Crippen LogP contribution is -2.65. The van der Waals surface area contributed by atoms with Crippen LogP contribution in [0.2, 0.25) is 5.02 Å². The summed E-state index contributed by atoms with van der Waals surface area (Å²) in [5.74, 6) is -0.796. The van der Waals surface area contributed by atoms with Crippen LogP contribution in [0.1, 0.15) is 22.3 Å². The molecule has 2 aromatic carbocycles. The van der Waals surface area contributed by atoms with Crippen LogP contribution in [0.4, 0.5) is 0 Å². The van der Waals surface area contributed by atoms with E-state index in [1.165, 1.54) is 0 Å². The zero-order chi connectivity index (χ0) is 21.1. The third-order valence-corrected chi connectivity index (χ3v) is 6.69. The Balaban J connectivity index is 1.50. The van der Waals surface area contributed by atoms with E-state index in [1.54, 1.807) is 18.2 Å². The van der Waals surface area contributed by atoms with E-state index in [4.69, 9.17) is 25.8 Å². The summed E-state index contributed by atoms with van der Waals surface area (Å²) in [5.41, 5.74) is 1.98. The van der Waals surface area contributed by atoms with Gasteiger partial charge in [-0.1, -0.05) is 29.8 Å². The minimum absolute atomic E-state index is 0.165. The van der Waals surface area contributed by atoms with E-state index in [0.29, 0.717) is 23.6 Å². The molecule has 4 N–H and O–H groups in total. The first-order valence-corrected chi connectivity index (χ1v) is 10.3. The molecule has 3 aliphatic rings. The second-order valence-corrected chi connectivity index (χ2v) is 8.59. The number of hydrogen-bond donors (Lipinski definition) is 4. The van der Waals surface area contributed by atoms with E-state index in [-0.39, 0.29) is 6.61 Å². The number of aliphatic hydroxyl groups excluding tert-OH is 4. The number of fused-ring (bicyclic) bond motifs is 3. The monoisotopic (exact) mass is 434 g/mol. The molecule has 0 spiro atoms. The molecule has 7 nitrogen and oxygen atoms in total. The molecule has 2 saturated heterocycles. The molecule has 5 rings (SSSR count). The van der Waals surface area contributed by atoms with Crippen LogP contribution < -0.4 is 4.74 Å². The van der Waals surface area contributed by atoms with Gasteiger partial charge in [0.25, 0.3) is 0 Å². The predicted octanol–water partition coefficient (Wildman–Crippen LogP) is 0.893. The van der Waals surface area contributed by atoms with Crippen LogP contribution in [0.5, 0.6) is 5.75 Å². The van der Waals surface area contributed by atoms with Crippen LogP contribution in [-0.4, -0.2) is 64.2 Å². The first kappa shape index (κ1) is 20.2. The van der Waals surface area contributed by atoms with Gasteiger partial charge in [-0.3, -0.25) is 0 Å². The molecule has 2 fully saturated rings. The van der Waals surface area contributed by atoms with Gasteiger partial charge < -0.3 is 34.6 Å².